The van der Waals surface area contributed by atoms with E-state index in [4.69, 9.17) is 8.83 Å². The zero-order chi connectivity index (χ0) is 15.8. The molecule has 2 fully saturated rings. The molecule has 0 aromatic carbocycles. The molecule has 2 amide bonds. The first-order valence-electron chi connectivity index (χ1n) is 7.84. The molecule has 3 heterocycles. The molecule has 0 bridgehead atoms. The zero-order valence-electron chi connectivity index (χ0n) is 12.6. The Labute approximate surface area is 133 Å². The number of nitrogens with one attached hydrogen (secondary N) is 1. The van der Waals surface area contributed by atoms with Crippen molar-refractivity contribution in [3.8, 4) is 0 Å². The Morgan fingerprint density at radius 2 is 1.87 bits per heavy atom. The van der Waals surface area contributed by atoms with Gasteiger partial charge in [-0.3, -0.25) is 9.59 Å². The molecule has 2 aromatic heterocycles. The van der Waals surface area contributed by atoms with E-state index >= 15 is 0 Å². The van der Waals surface area contributed by atoms with Gasteiger partial charge in [0.05, 0.1) is 19.1 Å². The van der Waals surface area contributed by atoms with Crippen LogP contribution in [0.25, 0.3) is 0 Å². The van der Waals surface area contributed by atoms with Crippen LogP contribution >= 0.6 is 0 Å². The molecule has 23 heavy (non-hydrogen) atoms. The second-order valence-electron chi connectivity index (χ2n) is 6.24. The molecule has 3 atom stereocenters. The number of fused-ring (bicyclic) bond motifs is 1. The molecule has 4 rings (SSSR count). The van der Waals surface area contributed by atoms with E-state index in [9.17, 15) is 9.59 Å². The first-order chi connectivity index (χ1) is 11.2. The summed E-state index contributed by atoms with van der Waals surface area (Å²) in [6, 6.07) is 7.05. The van der Waals surface area contributed by atoms with Crippen LogP contribution in [0, 0.1) is 17.8 Å². The lowest BCUT2D eigenvalue weighted by Crippen LogP contribution is -2.32. The van der Waals surface area contributed by atoms with Gasteiger partial charge in [0, 0.05) is 19.5 Å². The van der Waals surface area contributed by atoms with Gasteiger partial charge in [0.15, 0.2) is 5.76 Å². The fraction of sp³-hybridized carbons (Fsp3) is 0.412. The van der Waals surface area contributed by atoms with Gasteiger partial charge >= 0.3 is 0 Å². The van der Waals surface area contributed by atoms with Crippen LogP contribution in [-0.2, 0) is 11.3 Å². The molecule has 1 saturated carbocycles. The third-order valence-electron chi connectivity index (χ3n) is 4.85. The maximum absolute atomic E-state index is 12.2. The van der Waals surface area contributed by atoms with Crippen molar-refractivity contribution >= 4 is 11.8 Å². The maximum atomic E-state index is 12.2. The van der Waals surface area contributed by atoms with E-state index in [-0.39, 0.29) is 11.8 Å². The molecule has 0 radical (unpaired) electrons. The van der Waals surface area contributed by atoms with Gasteiger partial charge in [0.25, 0.3) is 5.91 Å². The topological polar surface area (TPSA) is 75.7 Å². The van der Waals surface area contributed by atoms with E-state index in [0.29, 0.717) is 36.5 Å². The van der Waals surface area contributed by atoms with E-state index in [1.165, 1.54) is 6.26 Å². The number of carbonyl (C=O) groups is 2. The molecule has 2 aromatic rings. The van der Waals surface area contributed by atoms with E-state index in [0.717, 1.165) is 18.8 Å². The lowest BCUT2D eigenvalue weighted by molar-refractivity contribution is -0.121. The summed E-state index contributed by atoms with van der Waals surface area (Å²) in [5.74, 6) is 2.43. The van der Waals surface area contributed by atoms with E-state index < -0.39 is 0 Å². The summed E-state index contributed by atoms with van der Waals surface area (Å²) in [5, 5.41) is 2.87. The average molecular weight is 314 g/mol. The van der Waals surface area contributed by atoms with E-state index in [1.807, 2.05) is 11.0 Å². The summed E-state index contributed by atoms with van der Waals surface area (Å²) in [4.78, 5) is 26.0. The maximum Gasteiger partial charge on any atom is 0.289 e. The molecule has 6 nitrogen and oxygen atoms in total. The molecule has 1 saturated heterocycles. The number of nitrogens with zero attached hydrogens (tertiary/aromatic N) is 1. The predicted molar refractivity (Wildman–Crippen MR) is 80.3 cm³/mol. The van der Waals surface area contributed by atoms with Gasteiger partial charge in [-0.25, -0.2) is 0 Å². The average Bonchev–Trinajstić information content (AvgIpc) is 3.12. The van der Waals surface area contributed by atoms with Crippen LogP contribution in [0.2, 0.25) is 0 Å². The molecular formula is C17H18N2O4. The number of hydrogen-bond acceptors (Lipinski definition) is 4. The highest BCUT2D eigenvalue weighted by Crippen LogP contribution is 2.53. The zero-order valence-corrected chi connectivity index (χ0v) is 12.6. The molecular weight excluding hydrogens is 296 g/mol. The number of hydrogen-bond donors (Lipinski definition) is 1. The van der Waals surface area contributed by atoms with Gasteiger partial charge in [-0.05, 0) is 42.0 Å². The highest BCUT2D eigenvalue weighted by Gasteiger charge is 2.57. The van der Waals surface area contributed by atoms with Crippen molar-refractivity contribution in [3.63, 3.8) is 0 Å². The summed E-state index contributed by atoms with van der Waals surface area (Å²) in [6.45, 7) is 1.87. The fourth-order valence-corrected chi connectivity index (χ4v) is 3.56. The molecule has 0 spiro atoms. The second kappa shape index (κ2) is 5.61. The molecule has 1 aliphatic heterocycles. The Morgan fingerprint density at radius 1 is 1.13 bits per heavy atom. The van der Waals surface area contributed by atoms with Crippen molar-refractivity contribution in [2.24, 2.45) is 17.8 Å². The van der Waals surface area contributed by atoms with Gasteiger partial charge in [0.2, 0.25) is 5.91 Å². The number of amides is 2. The van der Waals surface area contributed by atoms with Gasteiger partial charge in [-0.15, -0.1) is 0 Å². The van der Waals surface area contributed by atoms with Crippen molar-refractivity contribution in [1.29, 1.82) is 0 Å². The van der Waals surface area contributed by atoms with Crippen LogP contribution in [0.5, 0.6) is 0 Å². The largest absolute Gasteiger partial charge is 0.467 e. The van der Waals surface area contributed by atoms with Crippen molar-refractivity contribution in [1.82, 2.24) is 10.2 Å². The summed E-state index contributed by atoms with van der Waals surface area (Å²) in [7, 11) is 0. The van der Waals surface area contributed by atoms with E-state index in [1.54, 1.807) is 24.5 Å². The number of carbonyl (C=O) groups excluding carboxylic acids is 2. The van der Waals surface area contributed by atoms with Gasteiger partial charge < -0.3 is 19.1 Å². The summed E-state index contributed by atoms with van der Waals surface area (Å²) < 4.78 is 10.3. The fourth-order valence-electron chi connectivity index (χ4n) is 3.56. The predicted octanol–water partition coefficient (Wildman–Crippen LogP) is 1.90. The second-order valence-corrected chi connectivity index (χ2v) is 6.24. The van der Waals surface area contributed by atoms with Crippen molar-refractivity contribution in [2.45, 2.75) is 13.0 Å². The lowest BCUT2D eigenvalue weighted by Gasteiger charge is -2.18. The minimum absolute atomic E-state index is 0.0460. The number of likely N-dealkylation sites (tertiary alicyclic amines) is 1. The van der Waals surface area contributed by atoms with Gasteiger partial charge in [-0.1, -0.05) is 0 Å². The summed E-state index contributed by atoms with van der Waals surface area (Å²) >= 11 is 0. The van der Waals surface area contributed by atoms with Crippen LogP contribution in [-0.4, -0.2) is 29.8 Å². The molecule has 6 heteroatoms. The first-order valence-corrected chi connectivity index (χ1v) is 7.84. The van der Waals surface area contributed by atoms with Crippen LogP contribution in [0.3, 0.4) is 0 Å². The summed E-state index contributed by atoms with van der Waals surface area (Å²) in [6.07, 6.45) is 3.63. The normalized spacial score (nSPS) is 25.2. The number of furan rings is 2. The van der Waals surface area contributed by atoms with E-state index in [2.05, 4.69) is 5.32 Å². The molecule has 1 unspecified atom stereocenters. The number of piperidine rings is 1. The van der Waals surface area contributed by atoms with Crippen molar-refractivity contribution in [2.75, 3.05) is 13.1 Å². The smallest absolute Gasteiger partial charge is 0.289 e. The highest BCUT2D eigenvalue weighted by atomic mass is 16.3. The molecule has 1 N–H and O–H groups in total. The standard InChI is InChI=1S/C17H18N2O4/c20-16(18-8-11-3-1-5-22-11)7-12-13-9-19(10-14(12)13)17(21)15-4-2-6-23-15/h1-6,12-14H,7-10H2,(H,18,20)/t12?,13-,14+. The number of rotatable bonds is 5. The molecule has 120 valence electrons. The van der Waals surface area contributed by atoms with Crippen LogP contribution < -0.4 is 5.32 Å². The van der Waals surface area contributed by atoms with Crippen LogP contribution in [0.15, 0.2) is 45.6 Å². The third-order valence-corrected chi connectivity index (χ3v) is 4.85. The lowest BCUT2D eigenvalue weighted by atomic mass is 10.2. The minimum Gasteiger partial charge on any atom is -0.467 e. The van der Waals surface area contributed by atoms with Crippen molar-refractivity contribution < 1.29 is 18.4 Å². The highest BCUT2D eigenvalue weighted by molar-refractivity contribution is 5.91. The first kappa shape index (κ1) is 14.1. The van der Waals surface area contributed by atoms with Crippen molar-refractivity contribution in [3.05, 3.63) is 48.3 Å². The Bertz CT molecular complexity index is 680. The Hall–Kier alpha value is -2.50. The SMILES string of the molecule is O=C(CC1[C@H]2CN(C(=O)c3ccco3)C[C@@H]12)NCc1ccco1. The quantitative estimate of drug-likeness (QED) is 0.914. The molecule has 2 aliphatic rings. The molecule has 1 aliphatic carbocycles. The Kier molecular flexibility index (Phi) is 3.44. The Balaban J connectivity index is 1.23. The van der Waals surface area contributed by atoms with Gasteiger partial charge in [0.1, 0.15) is 5.76 Å². The minimum atomic E-state index is -0.0526. The third kappa shape index (κ3) is 2.76. The monoisotopic (exact) mass is 314 g/mol. The van der Waals surface area contributed by atoms with Gasteiger partial charge in [-0.2, -0.15) is 0 Å². The van der Waals surface area contributed by atoms with Crippen LogP contribution in [0.1, 0.15) is 22.7 Å². The summed E-state index contributed by atoms with van der Waals surface area (Å²) in [5.41, 5.74) is 0. The van der Waals surface area contributed by atoms with Crippen LogP contribution in [0.4, 0.5) is 0 Å². The Morgan fingerprint density at radius 3 is 2.52 bits per heavy atom.